The molecule has 7 heteroatoms. The number of carbonyl (C=O) groups is 2. The van der Waals surface area contributed by atoms with Crippen LogP contribution in [0, 0.1) is 11.8 Å². The number of nitrogens with one attached hydrogen (secondary N) is 2. The normalized spacial score (nSPS) is 25.4. The minimum atomic E-state index is -0.715. The highest BCUT2D eigenvalue weighted by Gasteiger charge is 2.32. The number of carbonyl (C=O) groups excluding carboxylic acids is 2. The number of hydrogen-bond acceptors (Lipinski definition) is 5. The maximum Gasteiger partial charge on any atom is 0.249 e. The van der Waals surface area contributed by atoms with E-state index in [0.29, 0.717) is 30.1 Å². The van der Waals surface area contributed by atoms with Crippen molar-refractivity contribution in [3.05, 3.63) is 24.3 Å². The summed E-state index contributed by atoms with van der Waals surface area (Å²) >= 11 is 0. The van der Waals surface area contributed by atoms with Crippen LogP contribution in [0.1, 0.15) is 33.6 Å². The van der Waals surface area contributed by atoms with Crippen molar-refractivity contribution >= 4 is 23.5 Å². The Hall–Kier alpha value is -2.57. The molecule has 1 aromatic rings. The molecule has 3 rings (SSSR count). The number of nitrogens with zero attached hydrogens (tertiary/aromatic N) is 2. The van der Waals surface area contributed by atoms with E-state index in [9.17, 15) is 9.59 Å². The van der Waals surface area contributed by atoms with Crippen molar-refractivity contribution in [1.82, 2.24) is 10.2 Å². The lowest BCUT2D eigenvalue weighted by molar-refractivity contribution is -0.125. The Balaban J connectivity index is 1.68. The van der Waals surface area contributed by atoms with Gasteiger partial charge in [0.25, 0.3) is 0 Å². The molecule has 0 aromatic heterocycles. The number of aliphatic imine (C=N–C) groups is 1. The average molecular weight is 372 g/mol. The van der Waals surface area contributed by atoms with Crippen LogP contribution in [0.5, 0.6) is 5.75 Å². The van der Waals surface area contributed by atoms with Gasteiger partial charge in [-0.05, 0) is 49.4 Å². The van der Waals surface area contributed by atoms with Crippen LogP contribution in [0.25, 0.3) is 0 Å². The van der Waals surface area contributed by atoms with Gasteiger partial charge < -0.3 is 15.0 Å². The Kier molecular flexibility index (Phi) is 5.98. The Morgan fingerprint density at radius 3 is 2.56 bits per heavy atom. The Bertz CT molecular complexity index is 706. The van der Waals surface area contributed by atoms with Gasteiger partial charge in [0.2, 0.25) is 17.8 Å². The van der Waals surface area contributed by atoms with E-state index >= 15 is 0 Å². The Morgan fingerprint density at radius 1 is 1.26 bits per heavy atom. The summed E-state index contributed by atoms with van der Waals surface area (Å²) < 4.78 is 5.40. The maximum absolute atomic E-state index is 12.6. The quantitative estimate of drug-likeness (QED) is 0.849. The molecule has 0 aliphatic carbocycles. The highest BCUT2D eigenvalue weighted by atomic mass is 16.5. The lowest BCUT2D eigenvalue weighted by Crippen LogP contribution is -2.54. The number of rotatable bonds is 4. The second-order valence-electron chi connectivity index (χ2n) is 7.52. The summed E-state index contributed by atoms with van der Waals surface area (Å²) in [5.74, 6) is 1.90. The van der Waals surface area contributed by atoms with Gasteiger partial charge in [0.15, 0.2) is 0 Å². The molecule has 1 aromatic carbocycles. The Morgan fingerprint density at radius 2 is 1.93 bits per heavy atom. The summed E-state index contributed by atoms with van der Waals surface area (Å²) in [5.41, 5.74) is 0.659. The SMILES string of the molecule is CCOc1ccc(NC(=O)[C@@H]2CC(=O)NC(N3C[C@@H](C)C[C@H](C)C3)=N2)cc1. The van der Waals surface area contributed by atoms with Gasteiger partial charge in [0, 0.05) is 18.8 Å². The lowest BCUT2D eigenvalue weighted by Gasteiger charge is -2.38. The third-order valence-corrected chi connectivity index (χ3v) is 4.81. The van der Waals surface area contributed by atoms with E-state index in [2.05, 4.69) is 34.4 Å². The smallest absolute Gasteiger partial charge is 0.249 e. The van der Waals surface area contributed by atoms with Crippen molar-refractivity contribution in [2.24, 2.45) is 16.8 Å². The monoisotopic (exact) mass is 372 g/mol. The first-order valence-corrected chi connectivity index (χ1v) is 9.61. The number of amides is 2. The molecule has 0 unspecified atom stereocenters. The molecule has 3 atom stereocenters. The molecule has 1 saturated heterocycles. The van der Waals surface area contributed by atoms with Crippen molar-refractivity contribution in [2.75, 3.05) is 25.0 Å². The molecule has 7 nitrogen and oxygen atoms in total. The molecule has 1 fully saturated rings. The third kappa shape index (κ3) is 4.99. The van der Waals surface area contributed by atoms with Crippen LogP contribution in [-0.4, -0.2) is 48.4 Å². The zero-order chi connectivity index (χ0) is 19.4. The number of piperidine rings is 1. The molecule has 0 saturated carbocycles. The van der Waals surface area contributed by atoms with Gasteiger partial charge in [-0.3, -0.25) is 14.9 Å². The molecule has 2 aliphatic rings. The van der Waals surface area contributed by atoms with Crippen LogP contribution in [0.3, 0.4) is 0 Å². The molecular formula is C20H28N4O3. The van der Waals surface area contributed by atoms with Crippen molar-refractivity contribution in [3.8, 4) is 5.75 Å². The number of hydrogen-bond donors (Lipinski definition) is 2. The van der Waals surface area contributed by atoms with E-state index in [-0.39, 0.29) is 18.2 Å². The number of benzene rings is 1. The highest BCUT2D eigenvalue weighted by molar-refractivity contribution is 6.06. The zero-order valence-electron chi connectivity index (χ0n) is 16.2. The molecular weight excluding hydrogens is 344 g/mol. The standard InChI is InChI=1S/C20H28N4O3/c1-4-27-16-7-5-15(6-8-16)21-19(26)17-10-18(25)23-20(22-17)24-11-13(2)9-14(3)12-24/h5-8,13-14,17H,4,9-12H2,1-3H3,(H,21,26)(H,22,23,25)/t13-,14-,17-/m0/s1. The van der Waals surface area contributed by atoms with Crippen LogP contribution in [0.4, 0.5) is 5.69 Å². The van der Waals surface area contributed by atoms with Gasteiger partial charge in [0.05, 0.1) is 13.0 Å². The molecule has 2 heterocycles. The van der Waals surface area contributed by atoms with E-state index in [1.165, 1.54) is 6.42 Å². The molecule has 0 bridgehead atoms. The van der Waals surface area contributed by atoms with Crippen LogP contribution in [0.15, 0.2) is 29.3 Å². The minimum Gasteiger partial charge on any atom is -0.494 e. The number of anilines is 1. The fourth-order valence-electron chi connectivity index (χ4n) is 3.75. The fraction of sp³-hybridized carbons (Fsp3) is 0.550. The zero-order valence-corrected chi connectivity index (χ0v) is 16.2. The molecule has 2 aliphatic heterocycles. The van der Waals surface area contributed by atoms with Gasteiger partial charge in [-0.15, -0.1) is 0 Å². The molecule has 2 N–H and O–H groups in total. The first-order valence-electron chi connectivity index (χ1n) is 9.61. The molecule has 146 valence electrons. The first kappa shape index (κ1) is 19.2. The van der Waals surface area contributed by atoms with Gasteiger partial charge in [0.1, 0.15) is 11.8 Å². The second-order valence-corrected chi connectivity index (χ2v) is 7.52. The first-order chi connectivity index (χ1) is 12.9. The highest BCUT2D eigenvalue weighted by Crippen LogP contribution is 2.22. The minimum absolute atomic E-state index is 0.0608. The summed E-state index contributed by atoms with van der Waals surface area (Å²) in [6, 6.07) is 6.46. The molecule has 0 radical (unpaired) electrons. The lowest BCUT2D eigenvalue weighted by atomic mass is 9.92. The maximum atomic E-state index is 12.6. The van der Waals surface area contributed by atoms with Gasteiger partial charge in [-0.25, -0.2) is 4.99 Å². The van der Waals surface area contributed by atoms with Crippen molar-refractivity contribution in [3.63, 3.8) is 0 Å². The second kappa shape index (κ2) is 8.41. The summed E-state index contributed by atoms with van der Waals surface area (Å²) in [6.07, 6.45) is 1.23. The third-order valence-electron chi connectivity index (χ3n) is 4.81. The summed E-state index contributed by atoms with van der Waals surface area (Å²) in [6.45, 7) is 8.60. The predicted octanol–water partition coefficient (Wildman–Crippen LogP) is 2.25. The predicted molar refractivity (Wildman–Crippen MR) is 105 cm³/mol. The van der Waals surface area contributed by atoms with Crippen LogP contribution in [-0.2, 0) is 9.59 Å². The number of guanidine groups is 1. The van der Waals surface area contributed by atoms with Crippen molar-refractivity contribution < 1.29 is 14.3 Å². The summed E-state index contributed by atoms with van der Waals surface area (Å²) in [5, 5.41) is 5.68. The van der Waals surface area contributed by atoms with Crippen molar-refractivity contribution in [2.45, 2.75) is 39.7 Å². The largest absolute Gasteiger partial charge is 0.494 e. The average Bonchev–Trinajstić information content (AvgIpc) is 2.62. The van der Waals surface area contributed by atoms with Gasteiger partial charge in [-0.2, -0.15) is 0 Å². The molecule has 0 spiro atoms. The van der Waals surface area contributed by atoms with Crippen molar-refractivity contribution in [1.29, 1.82) is 0 Å². The van der Waals surface area contributed by atoms with Crippen LogP contribution < -0.4 is 15.4 Å². The number of likely N-dealkylation sites (tertiary alicyclic amines) is 1. The Labute approximate surface area is 160 Å². The van der Waals surface area contributed by atoms with E-state index < -0.39 is 6.04 Å². The van der Waals surface area contributed by atoms with Crippen LogP contribution in [0.2, 0.25) is 0 Å². The summed E-state index contributed by atoms with van der Waals surface area (Å²) in [7, 11) is 0. The molecule has 27 heavy (non-hydrogen) atoms. The fourth-order valence-corrected chi connectivity index (χ4v) is 3.75. The van der Waals surface area contributed by atoms with E-state index in [0.717, 1.165) is 18.8 Å². The van der Waals surface area contributed by atoms with Crippen LogP contribution >= 0.6 is 0 Å². The molecule has 2 amide bonds. The number of ether oxygens (including phenoxy) is 1. The summed E-state index contributed by atoms with van der Waals surface area (Å²) in [4.78, 5) is 31.4. The topological polar surface area (TPSA) is 83.0 Å². The van der Waals surface area contributed by atoms with E-state index in [4.69, 9.17) is 4.74 Å². The van der Waals surface area contributed by atoms with E-state index in [1.807, 2.05) is 6.92 Å². The van der Waals surface area contributed by atoms with Gasteiger partial charge >= 0.3 is 0 Å². The van der Waals surface area contributed by atoms with Gasteiger partial charge in [-0.1, -0.05) is 13.8 Å². The van der Waals surface area contributed by atoms with E-state index in [1.54, 1.807) is 24.3 Å².